The van der Waals surface area contributed by atoms with Crippen LogP contribution in [0.2, 0.25) is 0 Å². The summed E-state index contributed by atoms with van der Waals surface area (Å²) in [6.07, 6.45) is 6.41. The van der Waals surface area contributed by atoms with E-state index in [1.807, 2.05) is 26.0 Å². The van der Waals surface area contributed by atoms with Crippen LogP contribution in [0.3, 0.4) is 0 Å². The van der Waals surface area contributed by atoms with Crippen molar-refractivity contribution in [3.05, 3.63) is 69.3 Å². The molecule has 0 saturated carbocycles. The Kier molecular flexibility index (Phi) is 15.2. The molecule has 3 rings (SSSR count). The van der Waals surface area contributed by atoms with Crippen LogP contribution in [0.25, 0.3) is 0 Å². The molecule has 246 valence electrons. The number of carbonyl (C=O) groups excluding carboxylic acids is 5. The molecule has 5 heteroatoms. The summed E-state index contributed by atoms with van der Waals surface area (Å²) in [5.74, 6) is 0.523. The Bertz CT molecular complexity index is 1350. The van der Waals surface area contributed by atoms with Crippen LogP contribution < -0.4 is 0 Å². The Labute approximate surface area is 272 Å². The maximum atomic E-state index is 13.7. The second-order valence-corrected chi connectivity index (χ2v) is 13.5. The molecule has 0 spiro atoms. The largest absolute Gasteiger partial charge is 0.300 e. The minimum atomic E-state index is -0.149. The van der Waals surface area contributed by atoms with Crippen molar-refractivity contribution in [2.24, 2.45) is 17.8 Å². The molecular formula is C40H56O5. The molecule has 0 saturated heterocycles. The Morgan fingerprint density at radius 3 is 2.04 bits per heavy atom. The summed E-state index contributed by atoms with van der Waals surface area (Å²) in [6, 6.07) is 9.32. The van der Waals surface area contributed by atoms with Crippen LogP contribution in [-0.2, 0) is 33.6 Å². The Hall–Kier alpha value is -3.21. The zero-order valence-corrected chi connectivity index (χ0v) is 29.3. The van der Waals surface area contributed by atoms with Gasteiger partial charge in [-0.1, -0.05) is 91.1 Å². The molecule has 1 aliphatic carbocycles. The van der Waals surface area contributed by atoms with E-state index in [1.165, 1.54) is 20.3 Å². The number of rotatable bonds is 15. The Morgan fingerprint density at radius 2 is 1.53 bits per heavy atom. The maximum absolute atomic E-state index is 13.7. The molecule has 45 heavy (non-hydrogen) atoms. The van der Waals surface area contributed by atoms with Crippen LogP contribution in [0.4, 0.5) is 0 Å². The third-order valence-corrected chi connectivity index (χ3v) is 8.99. The number of carbonyl (C=O) groups is 5. The fraction of sp³-hybridized carbons (Fsp3) is 0.575. The molecule has 1 aliphatic rings. The molecule has 0 heterocycles. The molecule has 0 aliphatic heterocycles. The smallest absolute Gasteiger partial charge is 0.163 e. The van der Waals surface area contributed by atoms with Crippen LogP contribution in [0.5, 0.6) is 0 Å². The lowest BCUT2D eigenvalue weighted by Crippen LogP contribution is -2.30. The number of fused-ring (bicyclic) bond motifs is 1. The summed E-state index contributed by atoms with van der Waals surface area (Å²) in [4.78, 5) is 63.1. The molecular weight excluding hydrogens is 560 g/mol. The van der Waals surface area contributed by atoms with E-state index in [1.54, 1.807) is 12.1 Å². The van der Waals surface area contributed by atoms with E-state index in [4.69, 9.17) is 0 Å². The predicted molar refractivity (Wildman–Crippen MR) is 183 cm³/mol. The first-order valence-electron chi connectivity index (χ1n) is 17.1. The van der Waals surface area contributed by atoms with Gasteiger partial charge in [-0.15, -0.1) is 0 Å². The van der Waals surface area contributed by atoms with Gasteiger partial charge in [-0.05, 0) is 85.6 Å². The van der Waals surface area contributed by atoms with E-state index in [2.05, 4.69) is 40.7 Å². The lowest BCUT2D eigenvalue weighted by molar-refractivity contribution is -0.130. The molecule has 3 atom stereocenters. The molecule has 2 aromatic rings. The van der Waals surface area contributed by atoms with Gasteiger partial charge in [-0.2, -0.15) is 0 Å². The standard InChI is InChI=1S/C37H48O5.C3H8/c1-8-10-29(32(9-2)35(41)15-23(5)38)16-27-18-34-33(22(3)4)21-30(24(6)37(34)36(42)19-27)20-31(40)17-26-11-13-28(14-12-26)25(7)39;1-3-2/h11-14,21-22,27,29,32H,8-10,15-20H2,1-7H3;3H2,1-2H3. The quantitative estimate of drug-likeness (QED) is 0.147. The highest BCUT2D eigenvalue weighted by molar-refractivity contribution is 6.01. The molecule has 0 bridgehead atoms. The van der Waals surface area contributed by atoms with E-state index in [0.29, 0.717) is 18.4 Å². The summed E-state index contributed by atoms with van der Waals surface area (Å²) < 4.78 is 0. The third-order valence-electron chi connectivity index (χ3n) is 8.99. The van der Waals surface area contributed by atoms with Crippen molar-refractivity contribution in [3.63, 3.8) is 0 Å². The van der Waals surface area contributed by atoms with Gasteiger partial charge >= 0.3 is 0 Å². The third kappa shape index (κ3) is 10.7. The molecule has 2 aromatic carbocycles. The molecule has 0 aromatic heterocycles. The van der Waals surface area contributed by atoms with Crippen molar-refractivity contribution in [2.75, 3.05) is 0 Å². The van der Waals surface area contributed by atoms with E-state index >= 15 is 0 Å². The monoisotopic (exact) mass is 616 g/mol. The van der Waals surface area contributed by atoms with Crippen LogP contribution in [0.1, 0.15) is 155 Å². The summed E-state index contributed by atoms with van der Waals surface area (Å²) >= 11 is 0. The predicted octanol–water partition coefficient (Wildman–Crippen LogP) is 9.22. The van der Waals surface area contributed by atoms with Gasteiger partial charge in [0.2, 0.25) is 0 Å². The highest BCUT2D eigenvalue weighted by atomic mass is 16.2. The highest BCUT2D eigenvalue weighted by Crippen LogP contribution is 2.40. The highest BCUT2D eigenvalue weighted by Gasteiger charge is 2.34. The van der Waals surface area contributed by atoms with Crippen LogP contribution in [0.15, 0.2) is 30.3 Å². The lowest BCUT2D eigenvalue weighted by atomic mass is 9.70. The number of hydrogen-bond donors (Lipinski definition) is 0. The van der Waals surface area contributed by atoms with E-state index < -0.39 is 0 Å². The molecule has 0 radical (unpaired) electrons. The van der Waals surface area contributed by atoms with Gasteiger partial charge in [0, 0.05) is 36.3 Å². The summed E-state index contributed by atoms with van der Waals surface area (Å²) in [6.45, 7) is 17.6. The summed E-state index contributed by atoms with van der Waals surface area (Å²) in [7, 11) is 0. The fourth-order valence-electron chi connectivity index (χ4n) is 6.94. The zero-order valence-electron chi connectivity index (χ0n) is 29.3. The second-order valence-electron chi connectivity index (χ2n) is 13.5. The van der Waals surface area contributed by atoms with Crippen molar-refractivity contribution in [1.29, 1.82) is 0 Å². The lowest BCUT2D eigenvalue weighted by Gasteiger charge is -2.33. The van der Waals surface area contributed by atoms with Crippen molar-refractivity contribution in [3.8, 4) is 0 Å². The normalized spacial score (nSPS) is 15.5. The minimum Gasteiger partial charge on any atom is -0.300 e. The van der Waals surface area contributed by atoms with Gasteiger partial charge in [0.25, 0.3) is 0 Å². The Morgan fingerprint density at radius 1 is 0.911 bits per heavy atom. The van der Waals surface area contributed by atoms with E-state index in [0.717, 1.165) is 59.1 Å². The average Bonchev–Trinajstić information content (AvgIpc) is 2.95. The van der Waals surface area contributed by atoms with Crippen molar-refractivity contribution >= 4 is 28.9 Å². The van der Waals surface area contributed by atoms with Crippen LogP contribution in [0, 0.1) is 24.7 Å². The molecule has 3 unspecified atom stereocenters. The summed E-state index contributed by atoms with van der Waals surface area (Å²) in [5.41, 5.74) is 6.36. The molecule has 0 N–H and O–H groups in total. The van der Waals surface area contributed by atoms with E-state index in [9.17, 15) is 24.0 Å². The van der Waals surface area contributed by atoms with Crippen molar-refractivity contribution in [1.82, 2.24) is 0 Å². The fourth-order valence-corrected chi connectivity index (χ4v) is 6.94. The number of ketones is 5. The van der Waals surface area contributed by atoms with Crippen LogP contribution >= 0.6 is 0 Å². The number of hydrogen-bond acceptors (Lipinski definition) is 5. The second kappa shape index (κ2) is 18.1. The molecule has 0 fully saturated rings. The first-order valence-corrected chi connectivity index (χ1v) is 17.1. The van der Waals surface area contributed by atoms with Gasteiger partial charge in [0.15, 0.2) is 11.6 Å². The number of Topliss-reactive ketones (excluding diaryl/α,β-unsaturated/α-hetero) is 5. The maximum Gasteiger partial charge on any atom is 0.163 e. The molecule has 5 nitrogen and oxygen atoms in total. The van der Waals surface area contributed by atoms with Crippen molar-refractivity contribution in [2.45, 2.75) is 132 Å². The Balaban J connectivity index is 0.00000226. The topological polar surface area (TPSA) is 85.3 Å². The van der Waals surface area contributed by atoms with Gasteiger partial charge < -0.3 is 0 Å². The van der Waals surface area contributed by atoms with Gasteiger partial charge in [0.1, 0.15) is 17.3 Å². The van der Waals surface area contributed by atoms with Crippen LogP contribution in [-0.4, -0.2) is 28.9 Å². The van der Waals surface area contributed by atoms with Gasteiger partial charge in [-0.3, -0.25) is 24.0 Å². The van der Waals surface area contributed by atoms with Gasteiger partial charge in [-0.25, -0.2) is 0 Å². The first-order chi connectivity index (χ1) is 21.3. The van der Waals surface area contributed by atoms with Gasteiger partial charge in [0.05, 0.1) is 6.42 Å². The van der Waals surface area contributed by atoms with Crippen molar-refractivity contribution < 1.29 is 24.0 Å². The van der Waals surface area contributed by atoms with E-state index in [-0.39, 0.29) is 71.9 Å². The average molecular weight is 617 g/mol. The first kappa shape index (κ1) is 38.0. The SMILES string of the molecule is CCC.CCCC(CC1CC(=O)c2c(C)c(CC(=O)Cc3ccc(C(C)=O)cc3)cc(C(C)C)c2C1)C(CC)C(=O)CC(C)=O. The summed E-state index contributed by atoms with van der Waals surface area (Å²) in [5, 5.41) is 0. The number of benzene rings is 2. The molecule has 0 amide bonds. The zero-order chi connectivity index (χ0) is 33.8. The minimum absolute atomic E-state index is 0.00165.